The first-order chi connectivity index (χ1) is 8.02. The van der Waals surface area contributed by atoms with Crippen LogP contribution in [0.1, 0.15) is 6.92 Å². The largest absolute Gasteiger partial charge is 0.425 e. The first-order valence-electron chi connectivity index (χ1n) is 5.03. The van der Waals surface area contributed by atoms with Gasteiger partial charge in [0.2, 0.25) is 5.91 Å². The van der Waals surface area contributed by atoms with Gasteiger partial charge in [-0.25, -0.2) is 4.79 Å². The minimum Gasteiger partial charge on any atom is -0.425 e. The number of esters is 1. The summed E-state index contributed by atoms with van der Waals surface area (Å²) in [5.41, 5.74) is 5.95. The van der Waals surface area contributed by atoms with Gasteiger partial charge in [0.25, 0.3) is 0 Å². The molecule has 0 aliphatic carbocycles. The average molecular weight is 234 g/mol. The smallest absolute Gasteiger partial charge is 0.328 e. The number of amides is 1. The van der Waals surface area contributed by atoms with Crippen LogP contribution in [-0.4, -0.2) is 17.9 Å². The molecule has 5 nitrogen and oxygen atoms in total. The molecule has 90 valence electrons. The average Bonchev–Trinajstić information content (AvgIpc) is 2.31. The lowest BCUT2D eigenvalue weighted by atomic mass is 10.3. The SMILES string of the molecule is C=CC(=O)Nc1ccc(OC(=O)[C@H](C)N)cc1. The predicted molar refractivity (Wildman–Crippen MR) is 64.6 cm³/mol. The van der Waals surface area contributed by atoms with Crippen LogP contribution in [0.25, 0.3) is 0 Å². The normalized spacial score (nSPS) is 11.4. The van der Waals surface area contributed by atoms with E-state index in [2.05, 4.69) is 11.9 Å². The first kappa shape index (κ1) is 12.9. The summed E-state index contributed by atoms with van der Waals surface area (Å²) in [6, 6.07) is 5.70. The Morgan fingerprint density at radius 3 is 2.47 bits per heavy atom. The van der Waals surface area contributed by atoms with Crippen molar-refractivity contribution >= 4 is 17.6 Å². The molecule has 0 aliphatic rings. The van der Waals surface area contributed by atoms with Crippen molar-refractivity contribution in [2.75, 3.05) is 5.32 Å². The molecule has 0 bridgehead atoms. The third-order valence-electron chi connectivity index (χ3n) is 1.90. The summed E-state index contributed by atoms with van der Waals surface area (Å²) in [6.07, 6.45) is 1.17. The van der Waals surface area contributed by atoms with Crippen LogP contribution in [0.2, 0.25) is 0 Å². The molecule has 1 rings (SSSR count). The van der Waals surface area contributed by atoms with Gasteiger partial charge in [-0.1, -0.05) is 6.58 Å². The van der Waals surface area contributed by atoms with Crippen molar-refractivity contribution in [2.24, 2.45) is 5.73 Å². The molecule has 0 radical (unpaired) electrons. The van der Waals surface area contributed by atoms with E-state index in [0.29, 0.717) is 11.4 Å². The van der Waals surface area contributed by atoms with Gasteiger partial charge in [0.05, 0.1) is 0 Å². The van der Waals surface area contributed by atoms with Gasteiger partial charge < -0.3 is 15.8 Å². The number of benzene rings is 1. The van der Waals surface area contributed by atoms with Gasteiger partial charge >= 0.3 is 5.97 Å². The molecule has 17 heavy (non-hydrogen) atoms. The van der Waals surface area contributed by atoms with Crippen molar-refractivity contribution in [1.82, 2.24) is 0 Å². The van der Waals surface area contributed by atoms with Gasteiger partial charge in [-0.3, -0.25) is 4.79 Å². The maximum absolute atomic E-state index is 11.2. The third-order valence-corrected chi connectivity index (χ3v) is 1.90. The third kappa shape index (κ3) is 4.08. The van der Waals surface area contributed by atoms with E-state index < -0.39 is 12.0 Å². The lowest BCUT2D eigenvalue weighted by molar-refractivity contribution is -0.135. The second kappa shape index (κ2) is 5.81. The van der Waals surface area contributed by atoms with Crippen molar-refractivity contribution in [2.45, 2.75) is 13.0 Å². The zero-order chi connectivity index (χ0) is 12.8. The molecule has 0 saturated heterocycles. The molecule has 0 heterocycles. The maximum Gasteiger partial charge on any atom is 0.328 e. The monoisotopic (exact) mass is 234 g/mol. The summed E-state index contributed by atoms with van der Waals surface area (Å²) >= 11 is 0. The first-order valence-corrected chi connectivity index (χ1v) is 5.03. The topological polar surface area (TPSA) is 81.4 Å². The van der Waals surface area contributed by atoms with E-state index >= 15 is 0 Å². The molecule has 0 spiro atoms. The van der Waals surface area contributed by atoms with Crippen molar-refractivity contribution in [3.8, 4) is 5.75 Å². The Hall–Kier alpha value is -2.14. The van der Waals surface area contributed by atoms with E-state index in [9.17, 15) is 9.59 Å². The fraction of sp³-hybridized carbons (Fsp3) is 0.167. The van der Waals surface area contributed by atoms with Gasteiger partial charge in [-0.15, -0.1) is 0 Å². The van der Waals surface area contributed by atoms with Crippen LogP contribution in [0.15, 0.2) is 36.9 Å². The molecule has 1 aromatic carbocycles. The van der Waals surface area contributed by atoms with Gasteiger partial charge in [-0.2, -0.15) is 0 Å². The Morgan fingerprint density at radius 1 is 1.41 bits per heavy atom. The Kier molecular flexibility index (Phi) is 4.42. The van der Waals surface area contributed by atoms with Crippen LogP contribution in [0, 0.1) is 0 Å². The Labute approximate surface area is 99.3 Å². The fourth-order valence-electron chi connectivity index (χ4n) is 1.01. The molecular weight excluding hydrogens is 220 g/mol. The van der Waals surface area contributed by atoms with Crippen LogP contribution >= 0.6 is 0 Å². The second-order valence-electron chi connectivity index (χ2n) is 3.43. The predicted octanol–water partition coefficient (Wildman–Crippen LogP) is 1.06. The lowest BCUT2D eigenvalue weighted by Crippen LogP contribution is -2.30. The second-order valence-corrected chi connectivity index (χ2v) is 3.43. The highest BCUT2D eigenvalue weighted by molar-refractivity contribution is 5.98. The Balaban J connectivity index is 2.65. The van der Waals surface area contributed by atoms with Gasteiger partial charge in [0, 0.05) is 5.69 Å². The fourth-order valence-corrected chi connectivity index (χ4v) is 1.01. The van der Waals surface area contributed by atoms with Crippen LogP contribution in [0.5, 0.6) is 5.75 Å². The molecule has 0 saturated carbocycles. The highest BCUT2D eigenvalue weighted by Crippen LogP contribution is 2.16. The molecule has 1 aromatic rings. The number of hydrogen-bond acceptors (Lipinski definition) is 4. The molecule has 0 fully saturated rings. The molecular formula is C12H14N2O3. The molecule has 3 N–H and O–H groups in total. The van der Waals surface area contributed by atoms with Crippen molar-refractivity contribution in [3.05, 3.63) is 36.9 Å². The Morgan fingerprint density at radius 2 is 2.00 bits per heavy atom. The number of rotatable bonds is 4. The Bertz CT molecular complexity index is 424. The van der Waals surface area contributed by atoms with Crippen molar-refractivity contribution in [1.29, 1.82) is 0 Å². The van der Waals surface area contributed by atoms with Crippen LogP contribution in [0.4, 0.5) is 5.69 Å². The minimum atomic E-state index is -0.671. The number of nitrogens with two attached hydrogens (primary N) is 1. The molecule has 1 atom stereocenters. The quantitative estimate of drug-likeness (QED) is 0.463. The summed E-state index contributed by atoms with van der Waals surface area (Å²) in [7, 11) is 0. The van der Waals surface area contributed by atoms with Crippen molar-refractivity contribution in [3.63, 3.8) is 0 Å². The number of ether oxygens (including phenoxy) is 1. The molecule has 0 aromatic heterocycles. The highest BCUT2D eigenvalue weighted by Gasteiger charge is 2.09. The van der Waals surface area contributed by atoms with E-state index in [1.54, 1.807) is 31.2 Å². The zero-order valence-corrected chi connectivity index (χ0v) is 9.47. The number of hydrogen-bond donors (Lipinski definition) is 2. The molecule has 0 unspecified atom stereocenters. The summed E-state index contributed by atoms with van der Waals surface area (Å²) < 4.78 is 4.97. The van der Waals surface area contributed by atoms with Crippen LogP contribution in [-0.2, 0) is 9.59 Å². The van der Waals surface area contributed by atoms with Crippen LogP contribution in [0.3, 0.4) is 0 Å². The summed E-state index contributed by atoms with van der Waals surface area (Å²) in [6.45, 7) is 4.88. The van der Waals surface area contributed by atoms with Gasteiger partial charge in [-0.05, 0) is 37.3 Å². The molecule has 5 heteroatoms. The zero-order valence-electron chi connectivity index (χ0n) is 9.47. The van der Waals surface area contributed by atoms with E-state index in [4.69, 9.17) is 10.5 Å². The summed E-state index contributed by atoms with van der Waals surface area (Å²) in [5.74, 6) is -0.429. The van der Waals surface area contributed by atoms with E-state index in [0.717, 1.165) is 0 Å². The summed E-state index contributed by atoms with van der Waals surface area (Å²) in [4.78, 5) is 22.2. The summed E-state index contributed by atoms with van der Waals surface area (Å²) in [5, 5.41) is 2.57. The van der Waals surface area contributed by atoms with Crippen molar-refractivity contribution < 1.29 is 14.3 Å². The standard InChI is InChI=1S/C12H14N2O3/c1-3-11(15)14-9-4-6-10(7-5-9)17-12(16)8(2)13/h3-8H,1,13H2,2H3,(H,14,15)/t8-/m0/s1. The number of anilines is 1. The lowest BCUT2D eigenvalue weighted by Gasteiger charge is -2.07. The molecule has 1 amide bonds. The van der Waals surface area contributed by atoms with Gasteiger partial charge in [0.1, 0.15) is 11.8 Å². The number of nitrogens with one attached hydrogen (secondary N) is 1. The van der Waals surface area contributed by atoms with Gasteiger partial charge in [0.15, 0.2) is 0 Å². The van der Waals surface area contributed by atoms with Crippen LogP contribution < -0.4 is 15.8 Å². The van der Waals surface area contributed by atoms with E-state index in [1.807, 2.05) is 0 Å². The number of carbonyl (C=O) groups is 2. The molecule has 0 aliphatic heterocycles. The highest BCUT2D eigenvalue weighted by atomic mass is 16.5. The van der Waals surface area contributed by atoms with E-state index in [1.165, 1.54) is 6.08 Å². The number of carbonyl (C=O) groups excluding carboxylic acids is 2. The maximum atomic E-state index is 11.2. The van der Waals surface area contributed by atoms with E-state index in [-0.39, 0.29) is 5.91 Å². The minimum absolute atomic E-state index is 0.301.